The van der Waals surface area contributed by atoms with Gasteiger partial charge in [-0.15, -0.1) is 0 Å². The number of nitrogens with one attached hydrogen (secondary N) is 2. The number of aromatic nitrogens is 2. The number of urea groups is 1. The van der Waals surface area contributed by atoms with Gasteiger partial charge < -0.3 is 24.8 Å². The maximum atomic E-state index is 14.1. The Bertz CT molecular complexity index is 1190. The summed E-state index contributed by atoms with van der Waals surface area (Å²) in [6.07, 6.45) is 8.10. The van der Waals surface area contributed by atoms with Crippen LogP contribution in [0.4, 0.5) is 22.2 Å². The van der Waals surface area contributed by atoms with Gasteiger partial charge in [-0.3, -0.25) is 9.80 Å². The van der Waals surface area contributed by atoms with Crippen molar-refractivity contribution in [3.63, 3.8) is 0 Å². The Morgan fingerprint density at radius 3 is 2.59 bits per heavy atom. The number of hydrogen-bond acceptors (Lipinski definition) is 9. The lowest BCUT2D eigenvalue weighted by atomic mass is 9.92. The van der Waals surface area contributed by atoms with Crippen LogP contribution in [0.5, 0.6) is 11.5 Å². The van der Waals surface area contributed by atoms with Crippen molar-refractivity contribution in [2.24, 2.45) is 0 Å². The standard InChI is InChI=1S/C28H36N6O5/c1-4-25(35)39-24-10-6-5-9-23(24)31-27-30-15-18-17-33(20-12-21(37-2)14-22(13-20)38-3)28(36)34(26(18)32-27)19-8-7-11-29-16-19/h4,12-15,19,23-24,29H,1,5-11,16-17H2,2-3H3,(H,30,31,32). The van der Waals surface area contributed by atoms with E-state index in [4.69, 9.17) is 19.2 Å². The number of benzene rings is 1. The number of esters is 1. The number of rotatable bonds is 8. The van der Waals surface area contributed by atoms with Crippen LogP contribution in [0, 0.1) is 0 Å². The first-order valence-corrected chi connectivity index (χ1v) is 13.5. The molecule has 2 fully saturated rings. The van der Waals surface area contributed by atoms with Crippen LogP contribution < -0.4 is 29.9 Å². The van der Waals surface area contributed by atoms with Gasteiger partial charge >= 0.3 is 12.0 Å². The fourth-order valence-electron chi connectivity index (χ4n) is 5.55. The van der Waals surface area contributed by atoms with E-state index in [1.165, 1.54) is 6.08 Å². The molecule has 1 aromatic heterocycles. The molecular weight excluding hydrogens is 500 g/mol. The third-order valence-electron chi connectivity index (χ3n) is 7.57. The van der Waals surface area contributed by atoms with Crippen LogP contribution in [0.3, 0.4) is 0 Å². The van der Waals surface area contributed by atoms with Crippen LogP contribution in [-0.4, -0.2) is 67.5 Å². The van der Waals surface area contributed by atoms with Crippen LogP contribution in [0.1, 0.15) is 44.1 Å². The monoisotopic (exact) mass is 536 g/mol. The van der Waals surface area contributed by atoms with E-state index >= 15 is 0 Å². The van der Waals surface area contributed by atoms with Gasteiger partial charge in [0.05, 0.1) is 38.5 Å². The maximum Gasteiger partial charge on any atom is 0.330 e. The molecule has 3 atom stereocenters. The lowest BCUT2D eigenvalue weighted by molar-refractivity contribution is -0.144. The van der Waals surface area contributed by atoms with E-state index in [9.17, 15) is 9.59 Å². The molecule has 3 aliphatic rings. The summed E-state index contributed by atoms with van der Waals surface area (Å²) in [5.41, 5.74) is 1.51. The SMILES string of the molecule is C=CC(=O)OC1CCCCC1Nc1ncc2c(n1)N(C1CCCNC1)C(=O)N(c1cc(OC)cc(OC)c1)C2. The highest BCUT2D eigenvalue weighted by Crippen LogP contribution is 2.37. The highest BCUT2D eigenvalue weighted by atomic mass is 16.5. The Morgan fingerprint density at radius 2 is 1.90 bits per heavy atom. The van der Waals surface area contributed by atoms with Gasteiger partial charge in [0, 0.05) is 42.6 Å². The quantitative estimate of drug-likeness (QED) is 0.385. The Kier molecular flexibility index (Phi) is 8.16. The number of piperidine rings is 1. The Morgan fingerprint density at radius 1 is 1.13 bits per heavy atom. The second-order valence-electron chi connectivity index (χ2n) is 10.1. The predicted molar refractivity (Wildman–Crippen MR) is 147 cm³/mol. The van der Waals surface area contributed by atoms with Gasteiger partial charge in [0.25, 0.3) is 0 Å². The summed E-state index contributed by atoms with van der Waals surface area (Å²) in [6.45, 7) is 5.42. The molecule has 0 spiro atoms. The number of nitrogens with zero attached hydrogens (tertiary/aromatic N) is 4. The number of amides is 2. The summed E-state index contributed by atoms with van der Waals surface area (Å²) in [5.74, 6) is 1.79. The Hall–Kier alpha value is -3.86. The molecule has 2 amide bonds. The van der Waals surface area contributed by atoms with Crippen molar-refractivity contribution < 1.29 is 23.8 Å². The largest absolute Gasteiger partial charge is 0.497 e. The first-order chi connectivity index (χ1) is 19.0. The third kappa shape index (κ3) is 5.78. The van der Waals surface area contributed by atoms with E-state index in [-0.39, 0.29) is 24.2 Å². The number of ether oxygens (including phenoxy) is 3. The molecule has 1 aliphatic carbocycles. The molecule has 3 heterocycles. The van der Waals surface area contributed by atoms with E-state index in [1.54, 1.807) is 36.3 Å². The molecule has 2 aliphatic heterocycles. The Balaban J connectivity index is 1.47. The minimum Gasteiger partial charge on any atom is -0.497 e. The summed E-state index contributed by atoms with van der Waals surface area (Å²) < 4.78 is 16.5. The van der Waals surface area contributed by atoms with Crippen molar-refractivity contribution in [1.82, 2.24) is 15.3 Å². The molecule has 11 heteroatoms. The van der Waals surface area contributed by atoms with Gasteiger partial charge in [0.15, 0.2) is 0 Å². The number of carbonyl (C=O) groups excluding carboxylic acids is 2. The molecule has 2 aromatic rings. The fraction of sp³-hybridized carbons (Fsp3) is 0.500. The second-order valence-corrected chi connectivity index (χ2v) is 10.1. The minimum atomic E-state index is -0.434. The molecule has 0 radical (unpaired) electrons. The van der Waals surface area contributed by atoms with Gasteiger partial charge in [0.1, 0.15) is 23.4 Å². The molecular formula is C28H36N6O5. The van der Waals surface area contributed by atoms with Gasteiger partial charge in [-0.05, 0) is 38.6 Å². The molecule has 5 rings (SSSR count). The number of carbonyl (C=O) groups is 2. The first kappa shape index (κ1) is 26.7. The first-order valence-electron chi connectivity index (χ1n) is 13.5. The zero-order chi connectivity index (χ0) is 27.4. The van der Waals surface area contributed by atoms with E-state index in [2.05, 4.69) is 22.2 Å². The van der Waals surface area contributed by atoms with Crippen molar-refractivity contribution in [1.29, 1.82) is 0 Å². The van der Waals surface area contributed by atoms with Crippen LogP contribution >= 0.6 is 0 Å². The Labute approximate surface area is 228 Å². The highest BCUT2D eigenvalue weighted by molar-refractivity contribution is 6.06. The second kappa shape index (κ2) is 11.9. The molecule has 1 saturated heterocycles. The lowest BCUT2D eigenvalue weighted by Crippen LogP contribution is -2.56. The number of methoxy groups -OCH3 is 2. The van der Waals surface area contributed by atoms with E-state index in [1.807, 2.05) is 12.1 Å². The summed E-state index contributed by atoms with van der Waals surface area (Å²) >= 11 is 0. The summed E-state index contributed by atoms with van der Waals surface area (Å²) in [5, 5.41) is 6.80. The molecule has 208 valence electrons. The van der Waals surface area contributed by atoms with Crippen molar-refractivity contribution in [3.05, 3.63) is 42.6 Å². The van der Waals surface area contributed by atoms with Crippen molar-refractivity contribution in [3.8, 4) is 11.5 Å². The van der Waals surface area contributed by atoms with Crippen LogP contribution in [0.25, 0.3) is 0 Å². The third-order valence-corrected chi connectivity index (χ3v) is 7.57. The van der Waals surface area contributed by atoms with Crippen molar-refractivity contribution >= 4 is 29.5 Å². The van der Waals surface area contributed by atoms with Gasteiger partial charge in [-0.25, -0.2) is 14.6 Å². The summed E-state index contributed by atoms with van der Waals surface area (Å²) in [6, 6.07) is 5.09. The molecule has 1 aromatic carbocycles. The van der Waals surface area contributed by atoms with E-state index in [0.717, 1.165) is 50.6 Å². The maximum absolute atomic E-state index is 14.1. The molecule has 11 nitrogen and oxygen atoms in total. The average Bonchev–Trinajstić information content (AvgIpc) is 2.97. The van der Waals surface area contributed by atoms with Crippen molar-refractivity contribution in [2.75, 3.05) is 42.4 Å². The number of fused-ring (bicyclic) bond motifs is 1. The predicted octanol–water partition coefficient (Wildman–Crippen LogP) is 3.64. The molecule has 3 unspecified atom stereocenters. The molecule has 0 bridgehead atoms. The number of anilines is 3. The average molecular weight is 537 g/mol. The fourth-order valence-corrected chi connectivity index (χ4v) is 5.55. The smallest absolute Gasteiger partial charge is 0.330 e. The molecule has 1 saturated carbocycles. The van der Waals surface area contributed by atoms with E-state index < -0.39 is 5.97 Å². The summed E-state index contributed by atoms with van der Waals surface area (Å²) in [7, 11) is 3.17. The minimum absolute atomic E-state index is 0.0565. The van der Waals surface area contributed by atoms with Gasteiger partial charge in [-0.1, -0.05) is 13.0 Å². The normalized spacial score (nSPS) is 23.0. The molecule has 2 N–H and O–H groups in total. The topological polar surface area (TPSA) is 118 Å². The van der Waals surface area contributed by atoms with Crippen LogP contribution in [0.2, 0.25) is 0 Å². The zero-order valence-electron chi connectivity index (χ0n) is 22.5. The van der Waals surface area contributed by atoms with Crippen molar-refractivity contribution in [2.45, 2.75) is 63.3 Å². The lowest BCUT2D eigenvalue weighted by Gasteiger charge is -2.41. The summed E-state index contributed by atoms with van der Waals surface area (Å²) in [4.78, 5) is 38.9. The van der Waals surface area contributed by atoms with Gasteiger partial charge in [-0.2, -0.15) is 4.98 Å². The number of hydrogen-bond donors (Lipinski definition) is 2. The molecule has 39 heavy (non-hydrogen) atoms. The van der Waals surface area contributed by atoms with Gasteiger partial charge in [0.2, 0.25) is 5.95 Å². The highest BCUT2D eigenvalue weighted by Gasteiger charge is 2.38. The van der Waals surface area contributed by atoms with Crippen LogP contribution in [0.15, 0.2) is 37.1 Å². The van der Waals surface area contributed by atoms with E-state index in [0.29, 0.717) is 42.0 Å². The zero-order valence-corrected chi connectivity index (χ0v) is 22.5. The van der Waals surface area contributed by atoms with Crippen LogP contribution in [-0.2, 0) is 16.1 Å².